The van der Waals surface area contributed by atoms with E-state index in [1.54, 1.807) is 18.2 Å². The lowest BCUT2D eigenvalue weighted by molar-refractivity contribution is 0.475. The van der Waals surface area contributed by atoms with Crippen LogP contribution in [-0.4, -0.2) is 5.11 Å². The SMILES string of the molecule is NNc1ccc(O)cc1CBr. The number of rotatable bonds is 2. The molecule has 1 aromatic rings. The summed E-state index contributed by atoms with van der Waals surface area (Å²) in [6, 6.07) is 4.97. The number of benzene rings is 1. The smallest absolute Gasteiger partial charge is 0.116 e. The molecule has 0 amide bonds. The number of halogens is 1. The fraction of sp³-hybridized carbons (Fsp3) is 0.143. The Hall–Kier alpha value is -0.740. The molecule has 60 valence electrons. The highest BCUT2D eigenvalue weighted by Gasteiger charge is 1.99. The largest absolute Gasteiger partial charge is 0.508 e. The molecule has 0 aromatic heterocycles. The zero-order valence-electron chi connectivity index (χ0n) is 5.84. The molecule has 1 rings (SSSR count). The highest BCUT2D eigenvalue weighted by molar-refractivity contribution is 9.08. The highest BCUT2D eigenvalue weighted by atomic mass is 79.9. The van der Waals surface area contributed by atoms with Crippen molar-refractivity contribution in [2.24, 2.45) is 5.84 Å². The number of nitrogen functional groups attached to an aromatic ring is 1. The zero-order chi connectivity index (χ0) is 8.27. The first-order chi connectivity index (χ1) is 5.27. The first-order valence-electron chi connectivity index (χ1n) is 3.12. The van der Waals surface area contributed by atoms with Crippen LogP contribution >= 0.6 is 15.9 Å². The van der Waals surface area contributed by atoms with E-state index in [1.165, 1.54) is 0 Å². The van der Waals surface area contributed by atoms with Gasteiger partial charge in [-0.05, 0) is 23.8 Å². The Morgan fingerprint density at radius 1 is 1.55 bits per heavy atom. The molecule has 0 spiro atoms. The van der Waals surface area contributed by atoms with Gasteiger partial charge in [0.2, 0.25) is 0 Å². The maximum Gasteiger partial charge on any atom is 0.116 e. The number of hydrogen-bond donors (Lipinski definition) is 3. The van der Waals surface area contributed by atoms with Gasteiger partial charge in [-0.3, -0.25) is 5.84 Å². The predicted octanol–water partition coefficient (Wildman–Crippen LogP) is 1.57. The van der Waals surface area contributed by atoms with Crippen LogP contribution in [-0.2, 0) is 5.33 Å². The molecule has 4 N–H and O–H groups in total. The summed E-state index contributed by atoms with van der Waals surface area (Å²) < 4.78 is 0. The van der Waals surface area contributed by atoms with E-state index in [4.69, 9.17) is 10.9 Å². The van der Waals surface area contributed by atoms with Crippen molar-refractivity contribution in [1.29, 1.82) is 0 Å². The Balaban J connectivity index is 3.06. The van der Waals surface area contributed by atoms with Gasteiger partial charge in [0, 0.05) is 5.33 Å². The lowest BCUT2D eigenvalue weighted by Gasteiger charge is -2.05. The predicted molar refractivity (Wildman–Crippen MR) is 48.5 cm³/mol. The number of nitrogens with two attached hydrogens (primary N) is 1. The Bertz CT molecular complexity index is 252. The summed E-state index contributed by atoms with van der Waals surface area (Å²) in [6.45, 7) is 0. The molecule has 0 fully saturated rings. The summed E-state index contributed by atoms with van der Waals surface area (Å²) in [6.07, 6.45) is 0. The minimum atomic E-state index is 0.249. The Morgan fingerprint density at radius 2 is 2.27 bits per heavy atom. The summed E-state index contributed by atoms with van der Waals surface area (Å²) >= 11 is 3.28. The number of aromatic hydroxyl groups is 1. The van der Waals surface area contributed by atoms with Crippen molar-refractivity contribution in [3.8, 4) is 5.75 Å². The second-order valence-electron chi connectivity index (χ2n) is 2.12. The van der Waals surface area contributed by atoms with Crippen LogP contribution < -0.4 is 11.3 Å². The third-order valence-corrected chi connectivity index (χ3v) is 1.99. The zero-order valence-corrected chi connectivity index (χ0v) is 7.43. The molecule has 0 atom stereocenters. The van der Waals surface area contributed by atoms with Crippen molar-refractivity contribution in [3.63, 3.8) is 0 Å². The van der Waals surface area contributed by atoms with E-state index in [0.29, 0.717) is 5.33 Å². The van der Waals surface area contributed by atoms with Crippen LogP contribution in [0.5, 0.6) is 5.75 Å². The maximum absolute atomic E-state index is 9.07. The number of alkyl halides is 1. The van der Waals surface area contributed by atoms with Crippen molar-refractivity contribution < 1.29 is 5.11 Å². The second kappa shape index (κ2) is 3.59. The van der Waals surface area contributed by atoms with Crippen molar-refractivity contribution in [2.75, 3.05) is 5.43 Å². The van der Waals surface area contributed by atoms with E-state index in [2.05, 4.69) is 21.4 Å². The quantitative estimate of drug-likeness (QED) is 0.305. The second-order valence-corrected chi connectivity index (χ2v) is 2.68. The van der Waals surface area contributed by atoms with E-state index >= 15 is 0 Å². The van der Waals surface area contributed by atoms with Gasteiger partial charge in [-0.15, -0.1) is 0 Å². The molecular weight excluding hydrogens is 208 g/mol. The molecule has 3 nitrogen and oxygen atoms in total. The van der Waals surface area contributed by atoms with Crippen LogP contribution in [0.2, 0.25) is 0 Å². The van der Waals surface area contributed by atoms with Crippen molar-refractivity contribution in [2.45, 2.75) is 5.33 Å². The maximum atomic E-state index is 9.07. The fourth-order valence-electron chi connectivity index (χ4n) is 0.831. The molecular formula is C7H9BrN2O. The molecule has 0 aliphatic heterocycles. The lowest BCUT2D eigenvalue weighted by Crippen LogP contribution is -2.08. The van der Waals surface area contributed by atoms with Gasteiger partial charge >= 0.3 is 0 Å². The molecule has 0 saturated carbocycles. The van der Waals surface area contributed by atoms with E-state index in [9.17, 15) is 0 Å². The summed E-state index contributed by atoms with van der Waals surface area (Å²) in [4.78, 5) is 0. The van der Waals surface area contributed by atoms with E-state index < -0.39 is 0 Å². The minimum absolute atomic E-state index is 0.249. The number of hydrogen-bond acceptors (Lipinski definition) is 3. The first-order valence-corrected chi connectivity index (χ1v) is 4.24. The molecule has 4 heteroatoms. The average Bonchev–Trinajstić information content (AvgIpc) is 2.04. The summed E-state index contributed by atoms with van der Waals surface area (Å²) in [5, 5.41) is 9.74. The molecule has 1 aromatic carbocycles. The number of hydrazine groups is 1. The molecule has 11 heavy (non-hydrogen) atoms. The fourth-order valence-corrected chi connectivity index (χ4v) is 1.30. The monoisotopic (exact) mass is 216 g/mol. The van der Waals surface area contributed by atoms with Gasteiger partial charge in [-0.2, -0.15) is 0 Å². The van der Waals surface area contributed by atoms with Crippen LogP contribution in [0.1, 0.15) is 5.56 Å². The Morgan fingerprint density at radius 3 is 2.82 bits per heavy atom. The van der Waals surface area contributed by atoms with Crippen LogP contribution in [0.4, 0.5) is 5.69 Å². The molecule has 0 saturated heterocycles. The number of phenolic OH excluding ortho intramolecular Hbond substituents is 1. The van der Waals surface area contributed by atoms with E-state index in [1.807, 2.05) is 0 Å². The van der Waals surface area contributed by atoms with Crippen molar-refractivity contribution in [3.05, 3.63) is 23.8 Å². The molecule has 0 bridgehead atoms. The van der Waals surface area contributed by atoms with Crippen LogP contribution in [0.15, 0.2) is 18.2 Å². The number of nitrogens with one attached hydrogen (secondary N) is 1. The van der Waals surface area contributed by atoms with Crippen LogP contribution in [0.25, 0.3) is 0 Å². The first kappa shape index (κ1) is 8.36. The Kier molecular flexibility index (Phi) is 2.73. The van der Waals surface area contributed by atoms with Gasteiger partial charge in [0.1, 0.15) is 5.75 Å². The van der Waals surface area contributed by atoms with Crippen molar-refractivity contribution in [1.82, 2.24) is 0 Å². The van der Waals surface area contributed by atoms with Crippen LogP contribution in [0, 0.1) is 0 Å². The molecule has 0 unspecified atom stereocenters. The highest BCUT2D eigenvalue weighted by Crippen LogP contribution is 2.22. The average molecular weight is 217 g/mol. The van der Waals surface area contributed by atoms with Gasteiger partial charge in [-0.25, -0.2) is 0 Å². The molecule has 0 aliphatic rings. The topological polar surface area (TPSA) is 58.3 Å². The summed E-state index contributed by atoms with van der Waals surface area (Å²) in [5.41, 5.74) is 4.29. The minimum Gasteiger partial charge on any atom is -0.508 e. The van der Waals surface area contributed by atoms with Gasteiger partial charge < -0.3 is 10.5 Å². The van der Waals surface area contributed by atoms with Crippen LogP contribution in [0.3, 0.4) is 0 Å². The molecule has 0 heterocycles. The third-order valence-electron chi connectivity index (χ3n) is 1.39. The third kappa shape index (κ3) is 1.85. The standard InChI is InChI=1S/C7H9BrN2O/c8-4-5-3-6(11)1-2-7(5)10-9/h1-3,10-11H,4,9H2. The van der Waals surface area contributed by atoms with Crippen molar-refractivity contribution >= 4 is 21.6 Å². The van der Waals surface area contributed by atoms with Gasteiger partial charge in [0.05, 0.1) is 5.69 Å². The molecule has 0 radical (unpaired) electrons. The summed E-state index contributed by atoms with van der Waals surface area (Å²) in [7, 11) is 0. The number of anilines is 1. The molecule has 0 aliphatic carbocycles. The lowest BCUT2D eigenvalue weighted by atomic mass is 10.2. The van der Waals surface area contributed by atoms with E-state index in [-0.39, 0.29) is 5.75 Å². The normalized spacial score (nSPS) is 9.64. The van der Waals surface area contributed by atoms with Gasteiger partial charge in [-0.1, -0.05) is 15.9 Å². The number of phenols is 1. The van der Waals surface area contributed by atoms with Gasteiger partial charge in [0.15, 0.2) is 0 Å². The Labute approximate surface area is 73.3 Å². The van der Waals surface area contributed by atoms with Gasteiger partial charge in [0.25, 0.3) is 0 Å². The summed E-state index contributed by atoms with van der Waals surface area (Å²) in [5.74, 6) is 5.47. The van der Waals surface area contributed by atoms with E-state index in [0.717, 1.165) is 11.3 Å².